The molecule has 2 aliphatic rings. The van der Waals surface area contributed by atoms with Crippen molar-refractivity contribution in [2.75, 3.05) is 0 Å². The molecule has 1 nitrogen and oxygen atoms in total. The fraction of sp³-hybridized carbons (Fsp3) is 0.0137. The van der Waals surface area contributed by atoms with E-state index in [1.54, 1.807) is 0 Å². The third kappa shape index (κ3) is 6.57. The van der Waals surface area contributed by atoms with Crippen LogP contribution in [0.3, 0.4) is 0 Å². The maximum Gasteiger partial charge on any atom is 0.0702 e. The molecule has 15 rings (SSSR count). The standard InChI is InChI=1S/C73H47N/c1-2-19-47(20-3-1)67-54-22-6-8-24-56(54)68(57-25-9-7-23-55(57)67)48-35-37-50(38-36-48)70-62-30-14-15-31-63(62)72(73-64-32-16-17-33-66(64)74-45-65(70)73)51-41-39-49(40-42-51)69-58-26-10-12-28-60(58)71(61-29-13-11-27-59(61)69)53-43-34-46-18-4-5-21-52(46)44-53/h1-45,66,74H. The molecule has 1 aliphatic heterocycles. The predicted molar refractivity (Wildman–Crippen MR) is 316 cm³/mol. The van der Waals surface area contributed by atoms with Gasteiger partial charge < -0.3 is 5.32 Å². The second kappa shape index (κ2) is 17.1. The smallest absolute Gasteiger partial charge is 0.0702 e. The summed E-state index contributed by atoms with van der Waals surface area (Å²) in [4.78, 5) is 0. The van der Waals surface area contributed by atoms with Crippen LogP contribution in [0.25, 0.3) is 143 Å². The third-order valence-electron chi connectivity index (χ3n) is 15.9. The molecule has 0 bridgehead atoms. The maximum atomic E-state index is 3.82. The van der Waals surface area contributed by atoms with Crippen LogP contribution in [-0.4, -0.2) is 6.04 Å². The van der Waals surface area contributed by atoms with E-state index in [0.717, 1.165) is 0 Å². The minimum Gasteiger partial charge on any atom is -0.380 e. The van der Waals surface area contributed by atoms with Crippen LogP contribution in [0.2, 0.25) is 0 Å². The van der Waals surface area contributed by atoms with E-state index < -0.39 is 0 Å². The first-order valence-corrected chi connectivity index (χ1v) is 25.8. The predicted octanol–water partition coefficient (Wildman–Crippen LogP) is 17.6. The Balaban J connectivity index is 0.904. The Hall–Kier alpha value is -9.56. The lowest BCUT2D eigenvalue weighted by atomic mass is 9.82. The summed E-state index contributed by atoms with van der Waals surface area (Å²) in [7, 11) is 0. The molecular formula is C73H47N. The Morgan fingerprint density at radius 3 is 1.11 bits per heavy atom. The van der Waals surface area contributed by atoms with Crippen molar-refractivity contribution in [3.05, 3.63) is 277 Å². The van der Waals surface area contributed by atoms with Gasteiger partial charge in [-0.1, -0.05) is 261 Å². The zero-order valence-electron chi connectivity index (χ0n) is 40.6. The highest BCUT2D eigenvalue weighted by Crippen LogP contribution is 2.46. The first-order valence-electron chi connectivity index (χ1n) is 25.8. The Morgan fingerprint density at radius 1 is 0.270 bits per heavy atom. The topological polar surface area (TPSA) is 12.0 Å². The summed E-state index contributed by atoms with van der Waals surface area (Å²) in [6, 6.07) is 90.1. The maximum absolute atomic E-state index is 3.82. The average Bonchev–Trinajstić information content (AvgIpc) is 3.48. The van der Waals surface area contributed by atoms with Crippen LogP contribution in [0.5, 0.6) is 0 Å². The van der Waals surface area contributed by atoms with Crippen molar-refractivity contribution >= 4 is 76.4 Å². The highest BCUT2D eigenvalue weighted by Gasteiger charge is 2.24. The Kier molecular flexibility index (Phi) is 9.71. The van der Waals surface area contributed by atoms with Gasteiger partial charge in [0.2, 0.25) is 0 Å². The van der Waals surface area contributed by atoms with Gasteiger partial charge in [-0.15, -0.1) is 0 Å². The quantitative estimate of drug-likeness (QED) is 0.164. The van der Waals surface area contributed by atoms with E-state index in [4.69, 9.17) is 0 Å². The van der Waals surface area contributed by atoms with Gasteiger partial charge in [-0.25, -0.2) is 0 Å². The van der Waals surface area contributed by atoms with E-state index in [-0.39, 0.29) is 6.04 Å². The lowest BCUT2D eigenvalue weighted by Crippen LogP contribution is -2.44. The molecule has 0 fully saturated rings. The number of hydrogen-bond acceptors (Lipinski definition) is 1. The van der Waals surface area contributed by atoms with Crippen LogP contribution in [0.15, 0.2) is 267 Å². The number of nitrogens with one attached hydrogen (secondary N) is 1. The molecule has 1 atom stereocenters. The Labute approximate surface area is 429 Å². The zero-order chi connectivity index (χ0) is 48.7. The molecular weight excluding hydrogens is 891 g/mol. The molecule has 1 heterocycles. The summed E-state index contributed by atoms with van der Waals surface area (Å²) in [6.07, 6.45) is 11.2. The fourth-order valence-corrected chi connectivity index (χ4v) is 12.7. The van der Waals surface area contributed by atoms with Gasteiger partial charge in [0.25, 0.3) is 0 Å². The van der Waals surface area contributed by atoms with E-state index in [1.165, 1.54) is 147 Å². The monoisotopic (exact) mass is 937 g/mol. The van der Waals surface area contributed by atoms with Crippen molar-refractivity contribution < 1.29 is 0 Å². The minimum atomic E-state index is 0.0705. The number of hydrogen-bond donors (Lipinski definition) is 1. The van der Waals surface area contributed by atoms with E-state index >= 15 is 0 Å². The Morgan fingerprint density at radius 2 is 0.622 bits per heavy atom. The van der Waals surface area contributed by atoms with Crippen LogP contribution in [0.4, 0.5) is 0 Å². The molecule has 0 spiro atoms. The fourth-order valence-electron chi connectivity index (χ4n) is 12.7. The SMILES string of the molecule is C1=CC2=c3c(-c4ccc(-c5c6ccccc6c(-c6ccc7ccccc7c6)c6ccccc56)cc4)c4ccccc4c(-c4ccc(-c5c6ccccc6c(-c6ccccc6)c6ccccc56)cc4)c3=CNC2C=C1. The average molecular weight is 938 g/mol. The summed E-state index contributed by atoms with van der Waals surface area (Å²) in [5, 5.41) is 21.4. The van der Waals surface area contributed by atoms with E-state index in [2.05, 4.69) is 278 Å². The van der Waals surface area contributed by atoms with Crippen molar-refractivity contribution in [2.45, 2.75) is 6.04 Å². The van der Waals surface area contributed by atoms with Crippen LogP contribution in [-0.2, 0) is 0 Å². The number of fused-ring (bicyclic) bond motifs is 8. The molecule has 13 aromatic rings. The molecule has 1 N–H and O–H groups in total. The zero-order valence-corrected chi connectivity index (χ0v) is 40.6. The van der Waals surface area contributed by atoms with Crippen LogP contribution in [0.1, 0.15) is 0 Å². The van der Waals surface area contributed by atoms with E-state index in [9.17, 15) is 0 Å². The van der Waals surface area contributed by atoms with Crippen molar-refractivity contribution in [1.29, 1.82) is 0 Å². The summed E-state index contributed by atoms with van der Waals surface area (Å²) in [5.74, 6) is 0. The van der Waals surface area contributed by atoms with Crippen molar-refractivity contribution in [1.82, 2.24) is 5.32 Å². The van der Waals surface area contributed by atoms with Gasteiger partial charge in [-0.3, -0.25) is 0 Å². The molecule has 74 heavy (non-hydrogen) atoms. The molecule has 1 unspecified atom stereocenters. The molecule has 0 saturated heterocycles. The van der Waals surface area contributed by atoms with Gasteiger partial charge in [0, 0.05) is 11.4 Å². The first-order chi connectivity index (χ1) is 36.7. The largest absolute Gasteiger partial charge is 0.380 e. The Bertz CT molecular complexity index is 4540. The van der Waals surface area contributed by atoms with Gasteiger partial charge in [-0.05, 0) is 148 Å². The van der Waals surface area contributed by atoms with Crippen LogP contribution < -0.4 is 15.8 Å². The molecule has 1 heteroatoms. The van der Waals surface area contributed by atoms with Gasteiger partial charge in [0.15, 0.2) is 0 Å². The third-order valence-corrected chi connectivity index (χ3v) is 15.9. The van der Waals surface area contributed by atoms with Crippen molar-refractivity contribution in [3.63, 3.8) is 0 Å². The minimum absolute atomic E-state index is 0.0705. The number of benzene rings is 13. The summed E-state index contributed by atoms with van der Waals surface area (Å²) in [6.45, 7) is 0. The summed E-state index contributed by atoms with van der Waals surface area (Å²) < 4.78 is 0. The molecule has 0 saturated carbocycles. The molecule has 0 aromatic heterocycles. The lowest BCUT2D eigenvalue weighted by Gasteiger charge is -2.26. The van der Waals surface area contributed by atoms with Crippen molar-refractivity contribution in [2.24, 2.45) is 0 Å². The normalized spacial score (nSPS) is 13.9. The summed E-state index contributed by atoms with van der Waals surface area (Å²) in [5.41, 5.74) is 16.1. The molecule has 13 aromatic carbocycles. The first kappa shape index (κ1) is 42.2. The lowest BCUT2D eigenvalue weighted by molar-refractivity contribution is 0.878. The number of rotatable bonds is 6. The van der Waals surface area contributed by atoms with Crippen LogP contribution >= 0.6 is 0 Å². The van der Waals surface area contributed by atoms with E-state index in [1.807, 2.05) is 0 Å². The highest BCUT2D eigenvalue weighted by molar-refractivity contribution is 6.23. The molecule has 344 valence electrons. The highest BCUT2D eigenvalue weighted by atomic mass is 14.9. The summed E-state index contributed by atoms with van der Waals surface area (Å²) >= 11 is 0. The second-order valence-electron chi connectivity index (χ2n) is 19.8. The van der Waals surface area contributed by atoms with Crippen LogP contribution in [0, 0.1) is 0 Å². The molecule has 0 radical (unpaired) electrons. The molecule has 1 aliphatic carbocycles. The van der Waals surface area contributed by atoms with Crippen molar-refractivity contribution in [3.8, 4) is 66.8 Å². The second-order valence-corrected chi connectivity index (χ2v) is 19.8. The molecule has 0 amide bonds. The van der Waals surface area contributed by atoms with Gasteiger partial charge in [0.05, 0.1) is 6.04 Å². The number of allylic oxidation sites excluding steroid dienone is 2. The van der Waals surface area contributed by atoms with Gasteiger partial charge in [-0.2, -0.15) is 0 Å². The van der Waals surface area contributed by atoms with Gasteiger partial charge in [0.1, 0.15) is 0 Å². The van der Waals surface area contributed by atoms with Gasteiger partial charge >= 0.3 is 0 Å². The van der Waals surface area contributed by atoms with E-state index in [0.29, 0.717) is 0 Å².